The molecular formula is C15H22F2N2O. The Morgan fingerprint density at radius 2 is 1.90 bits per heavy atom. The predicted molar refractivity (Wildman–Crippen MR) is 75.5 cm³/mol. The molecule has 0 bridgehead atoms. The van der Waals surface area contributed by atoms with Gasteiger partial charge in [-0.15, -0.1) is 0 Å². The molecule has 1 atom stereocenters. The Kier molecular flexibility index (Phi) is 5.62. The molecule has 1 aromatic carbocycles. The number of carbonyl (C=O) groups excluding carboxylic acids is 1. The first-order chi connectivity index (χ1) is 9.23. The Labute approximate surface area is 118 Å². The lowest BCUT2D eigenvalue weighted by molar-refractivity contribution is 0.0784. The van der Waals surface area contributed by atoms with E-state index in [0.717, 1.165) is 6.07 Å². The van der Waals surface area contributed by atoms with E-state index in [0.29, 0.717) is 18.9 Å². The van der Waals surface area contributed by atoms with Crippen molar-refractivity contribution >= 4 is 5.91 Å². The third-order valence-corrected chi connectivity index (χ3v) is 3.48. The lowest BCUT2D eigenvalue weighted by Gasteiger charge is -2.22. The van der Waals surface area contributed by atoms with E-state index < -0.39 is 17.5 Å². The van der Waals surface area contributed by atoms with Gasteiger partial charge in [0.05, 0.1) is 5.56 Å². The van der Waals surface area contributed by atoms with Crippen LogP contribution >= 0.6 is 0 Å². The van der Waals surface area contributed by atoms with Crippen LogP contribution in [0, 0.1) is 24.5 Å². The highest BCUT2D eigenvalue weighted by atomic mass is 19.1. The molecule has 3 nitrogen and oxygen atoms in total. The highest BCUT2D eigenvalue weighted by Gasteiger charge is 2.19. The minimum atomic E-state index is -0.835. The standard InChI is InChI=1S/C15H22F2N2O/c1-9(2)14(18)5-6-19(4)15(20)11-7-10(3)12(16)8-13(11)17/h7-9,14H,5-6,18H2,1-4H3. The topological polar surface area (TPSA) is 46.3 Å². The molecule has 0 saturated carbocycles. The van der Waals surface area contributed by atoms with Gasteiger partial charge in [0.1, 0.15) is 11.6 Å². The van der Waals surface area contributed by atoms with Crippen LogP contribution in [0.5, 0.6) is 0 Å². The SMILES string of the molecule is Cc1cc(C(=O)N(C)CCC(N)C(C)C)c(F)cc1F. The maximum absolute atomic E-state index is 13.7. The molecule has 2 N–H and O–H groups in total. The van der Waals surface area contributed by atoms with Crippen molar-refractivity contribution in [3.63, 3.8) is 0 Å². The van der Waals surface area contributed by atoms with Gasteiger partial charge < -0.3 is 10.6 Å². The Hall–Kier alpha value is -1.49. The zero-order valence-corrected chi connectivity index (χ0v) is 12.4. The number of aryl methyl sites for hydroxylation is 1. The molecule has 5 heteroatoms. The molecule has 20 heavy (non-hydrogen) atoms. The normalized spacial score (nSPS) is 12.6. The van der Waals surface area contributed by atoms with Gasteiger partial charge in [0.25, 0.3) is 5.91 Å². The maximum atomic E-state index is 13.7. The van der Waals surface area contributed by atoms with E-state index in [4.69, 9.17) is 5.73 Å². The molecule has 112 valence electrons. The largest absolute Gasteiger partial charge is 0.342 e. The van der Waals surface area contributed by atoms with Crippen molar-refractivity contribution in [2.45, 2.75) is 33.2 Å². The molecule has 1 unspecified atom stereocenters. The molecule has 0 spiro atoms. The number of hydrogen-bond donors (Lipinski definition) is 1. The number of halogens is 2. The number of carbonyl (C=O) groups is 1. The number of amides is 1. The highest BCUT2D eigenvalue weighted by molar-refractivity contribution is 5.94. The number of benzene rings is 1. The second kappa shape index (κ2) is 6.79. The van der Waals surface area contributed by atoms with Gasteiger partial charge in [-0.2, -0.15) is 0 Å². The zero-order chi connectivity index (χ0) is 15.4. The molecule has 1 amide bonds. The van der Waals surface area contributed by atoms with Crippen LogP contribution in [0.3, 0.4) is 0 Å². The fourth-order valence-electron chi connectivity index (χ4n) is 1.80. The van der Waals surface area contributed by atoms with E-state index in [1.165, 1.54) is 17.9 Å². The van der Waals surface area contributed by atoms with E-state index in [1.54, 1.807) is 7.05 Å². The summed E-state index contributed by atoms with van der Waals surface area (Å²) in [6.07, 6.45) is 0.641. The maximum Gasteiger partial charge on any atom is 0.256 e. The minimum absolute atomic E-state index is 0.00921. The van der Waals surface area contributed by atoms with E-state index in [-0.39, 0.29) is 17.2 Å². The Morgan fingerprint density at radius 3 is 2.45 bits per heavy atom. The van der Waals surface area contributed by atoms with Crippen molar-refractivity contribution in [2.24, 2.45) is 11.7 Å². The molecule has 0 aliphatic rings. The van der Waals surface area contributed by atoms with Crippen LogP contribution < -0.4 is 5.73 Å². The van der Waals surface area contributed by atoms with Gasteiger partial charge in [0.15, 0.2) is 0 Å². The first-order valence-electron chi connectivity index (χ1n) is 6.70. The van der Waals surface area contributed by atoms with Gasteiger partial charge in [-0.1, -0.05) is 13.8 Å². The highest BCUT2D eigenvalue weighted by Crippen LogP contribution is 2.16. The fourth-order valence-corrected chi connectivity index (χ4v) is 1.80. The van der Waals surface area contributed by atoms with Crippen molar-refractivity contribution in [2.75, 3.05) is 13.6 Å². The predicted octanol–water partition coefficient (Wildman–Crippen LogP) is 2.72. The summed E-state index contributed by atoms with van der Waals surface area (Å²) in [5, 5.41) is 0. The number of nitrogens with zero attached hydrogens (tertiary/aromatic N) is 1. The van der Waals surface area contributed by atoms with Crippen LogP contribution in [0.2, 0.25) is 0 Å². The van der Waals surface area contributed by atoms with Gasteiger partial charge in [0.2, 0.25) is 0 Å². The smallest absolute Gasteiger partial charge is 0.256 e. The van der Waals surface area contributed by atoms with Crippen LogP contribution in [0.1, 0.15) is 36.2 Å². The summed E-state index contributed by atoms with van der Waals surface area (Å²) in [6, 6.07) is 1.98. The average Bonchev–Trinajstić information content (AvgIpc) is 2.38. The van der Waals surface area contributed by atoms with Crippen LogP contribution in [-0.2, 0) is 0 Å². The van der Waals surface area contributed by atoms with Crippen LogP contribution in [0.4, 0.5) is 8.78 Å². The summed E-state index contributed by atoms with van der Waals surface area (Å²) in [5.74, 6) is -1.62. The van der Waals surface area contributed by atoms with Crippen molar-refractivity contribution in [3.05, 3.63) is 34.9 Å². The average molecular weight is 284 g/mol. The van der Waals surface area contributed by atoms with Gasteiger partial charge in [-0.25, -0.2) is 8.78 Å². The lowest BCUT2D eigenvalue weighted by atomic mass is 10.0. The summed E-state index contributed by atoms with van der Waals surface area (Å²) in [4.78, 5) is 13.5. The third-order valence-electron chi connectivity index (χ3n) is 3.48. The quantitative estimate of drug-likeness (QED) is 0.903. The Morgan fingerprint density at radius 1 is 1.30 bits per heavy atom. The molecule has 0 aromatic heterocycles. The van der Waals surface area contributed by atoms with Gasteiger partial charge in [0, 0.05) is 25.7 Å². The second-order valence-electron chi connectivity index (χ2n) is 5.50. The number of hydrogen-bond acceptors (Lipinski definition) is 2. The second-order valence-corrected chi connectivity index (χ2v) is 5.50. The van der Waals surface area contributed by atoms with E-state index in [1.807, 2.05) is 13.8 Å². The van der Waals surface area contributed by atoms with Crippen LogP contribution in [0.25, 0.3) is 0 Å². The molecule has 0 saturated heterocycles. The molecule has 0 heterocycles. The molecule has 1 aromatic rings. The van der Waals surface area contributed by atoms with E-state index in [2.05, 4.69) is 0 Å². The third kappa shape index (κ3) is 4.00. The Bertz CT molecular complexity index is 489. The van der Waals surface area contributed by atoms with Gasteiger partial charge in [-0.05, 0) is 30.9 Å². The number of rotatable bonds is 5. The molecule has 1 rings (SSSR count). The lowest BCUT2D eigenvalue weighted by Crippen LogP contribution is -2.35. The summed E-state index contributed by atoms with van der Waals surface area (Å²) in [7, 11) is 1.59. The van der Waals surface area contributed by atoms with E-state index >= 15 is 0 Å². The summed E-state index contributed by atoms with van der Waals surface area (Å²) >= 11 is 0. The first kappa shape index (κ1) is 16.6. The monoisotopic (exact) mass is 284 g/mol. The van der Waals surface area contributed by atoms with Gasteiger partial charge >= 0.3 is 0 Å². The molecular weight excluding hydrogens is 262 g/mol. The molecule has 0 fully saturated rings. The van der Waals surface area contributed by atoms with Crippen LogP contribution in [0.15, 0.2) is 12.1 Å². The summed E-state index contributed by atoms with van der Waals surface area (Å²) in [5.41, 5.74) is 6.06. The molecule has 0 radical (unpaired) electrons. The summed E-state index contributed by atoms with van der Waals surface area (Å²) in [6.45, 7) is 5.96. The van der Waals surface area contributed by atoms with Crippen molar-refractivity contribution in [1.29, 1.82) is 0 Å². The Balaban J connectivity index is 2.77. The minimum Gasteiger partial charge on any atom is -0.342 e. The van der Waals surface area contributed by atoms with Crippen molar-refractivity contribution in [1.82, 2.24) is 4.90 Å². The van der Waals surface area contributed by atoms with Gasteiger partial charge in [-0.3, -0.25) is 4.79 Å². The molecule has 0 aliphatic heterocycles. The zero-order valence-electron chi connectivity index (χ0n) is 12.4. The number of nitrogens with two attached hydrogens (primary N) is 1. The van der Waals surface area contributed by atoms with Crippen molar-refractivity contribution < 1.29 is 13.6 Å². The van der Waals surface area contributed by atoms with E-state index in [9.17, 15) is 13.6 Å². The fraction of sp³-hybridized carbons (Fsp3) is 0.533. The molecule has 0 aliphatic carbocycles. The summed E-state index contributed by atoms with van der Waals surface area (Å²) < 4.78 is 26.8. The van der Waals surface area contributed by atoms with Crippen molar-refractivity contribution in [3.8, 4) is 0 Å². The first-order valence-corrected chi connectivity index (χ1v) is 6.70. The van der Waals surface area contributed by atoms with Crippen LogP contribution in [-0.4, -0.2) is 30.4 Å².